The van der Waals surface area contributed by atoms with E-state index in [9.17, 15) is 13.6 Å². The quantitative estimate of drug-likeness (QED) is 0.216. The van der Waals surface area contributed by atoms with Gasteiger partial charge in [0.25, 0.3) is 5.91 Å². The summed E-state index contributed by atoms with van der Waals surface area (Å²) < 4.78 is 39.8. The maximum atomic E-state index is 13.2. The van der Waals surface area contributed by atoms with Gasteiger partial charge in [0.05, 0.1) is 23.8 Å². The SMILES string of the molecule is C[Si](C)(C)CCOCn1ncc(NC(=O)c2cnc3cccnn23)c1-c1cc(Cl)ccc1OC(F)F. The van der Waals surface area contributed by atoms with Crippen molar-refractivity contribution >= 4 is 36.9 Å². The number of anilines is 1. The summed E-state index contributed by atoms with van der Waals surface area (Å²) in [6.45, 7) is 4.19. The fraction of sp³-hybridized carbons (Fsp3) is 0.304. The molecule has 1 aromatic carbocycles. The number of hydrogen-bond acceptors (Lipinski definition) is 6. The number of carbonyl (C=O) groups is 1. The number of alkyl halides is 2. The molecule has 0 saturated heterocycles. The number of hydrogen-bond donors (Lipinski definition) is 1. The van der Waals surface area contributed by atoms with Crippen molar-refractivity contribution < 1.29 is 23.0 Å². The van der Waals surface area contributed by atoms with Crippen molar-refractivity contribution in [1.82, 2.24) is 24.4 Å². The molecule has 0 atom stereocenters. The second-order valence-electron chi connectivity index (χ2n) is 9.16. The monoisotopic (exact) mass is 534 g/mol. The van der Waals surface area contributed by atoms with E-state index in [1.807, 2.05) is 0 Å². The standard InChI is InChI=1S/C23H25ClF2N6O3Si/c1-36(2,3)10-9-34-14-31-21(16-11-15(24)6-7-19(16)35-23(25)26)17(12-29-31)30-22(33)18-13-27-20-5-4-8-28-32(18)20/h4-8,11-13,23H,9-10,14H2,1-3H3,(H,30,33). The Labute approximate surface area is 212 Å². The van der Waals surface area contributed by atoms with Gasteiger partial charge in [0.15, 0.2) is 11.3 Å². The molecular formula is C23H25ClF2N6O3Si. The Morgan fingerprint density at radius 2 is 2.00 bits per heavy atom. The molecule has 0 aliphatic heterocycles. The van der Waals surface area contributed by atoms with E-state index in [0.717, 1.165) is 6.04 Å². The molecule has 9 nitrogen and oxygen atoms in total. The first kappa shape index (κ1) is 25.7. The van der Waals surface area contributed by atoms with Crippen LogP contribution in [0, 0.1) is 0 Å². The Hall–Kier alpha value is -3.35. The number of aromatic nitrogens is 5. The normalized spacial score (nSPS) is 11.9. The molecule has 0 fully saturated rings. The molecule has 0 aliphatic carbocycles. The maximum absolute atomic E-state index is 13.2. The van der Waals surface area contributed by atoms with E-state index >= 15 is 0 Å². The molecule has 3 aromatic heterocycles. The molecule has 0 bridgehead atoms. The van der Waals surface area contributed by atoms with Crippen molar-refractivity contribution in [1.29, 1.82) is 0 Å². The van der Waals surface area contributed by atoms with Gasteiger partial charge in [-0.25, -0.2) is 14.2 Å². The van der Waals surface area contributed by atoms with Gasteiger partial charge in [0, 0.05) is 31.5 Å². The molecule has 3 heterocycles. The summed E-state index contributed by atoms with van der Waals surface area (Å²) >= 11 is 6.20. The van der Waals surface area contributed by atoms with Crippen molar-refractivity contribution in [3.05, 3.63) is 59.6 Å². The van der Waals surface area contributed by atoms with E-state index in [2.05, 4.69) is 40.1 Å². The Morgan fingerprint density at radius 1 is 1.19 bits per heavy atom. The van der Waals surface area contributed by atoms with Crippen LogP contribution in [0.5, 0.6) is 5.75 Å². The zero-order valence-corrected chi connectivity index (χ0v) is 21.7. The molecule has 190 valence electrons. The third-order valence-electron chi connectivity index (χ3n) is 5.22. The molecule has 1 amide bonds. The van der Waals surface area contributed by atoms with E-state index in [0.29, 0.717) is 23.0 Å². The molecule has 4 aromatic rings. The summed E-state index contributed by atoms with van der Waals surface area (Å²) in [5.41, 5.74) is 1.46. The number of amides is 1. The fourth-order valence-corrected chi connectivity index (χ4v) is 4.37. The Kier molecular flexibility index (Phi) is 7.67. The van der Waals surface area contributed by atoms with E-state index in [-0.39, 0.29) is 29.4 Å². The van der Waals surface area contributed by atoms with Crippen molar-refractivity contribution in [2.24, 2.45) is 0 Å². The number of rotatable bonds is 10. The summed E-state index contributed by atoms with van der Waals surface area (Å²) in [7, 11) is -1.32. The van der Waals surface area contributed by atoms with Crippen LogP contribution in [-0.4, -0.2) is 51.6 Å². The van der Waals surface area contributed by atoms with E-state index in [1.165, 1.54) is 46.0 Å². The number of nitrogens with one attached hydrogen (secondary N) is 1. The van der Waals surface area contributed by atoms with Gasteiger partial charge in [-0.15, -0.1) is 0 Å². The van der Waals surface area contributed by atoms with Gasteiger partial charge < -0.3 is 14.8 Å². The first-order valence-electron chi connectivity index (χ1n) is 11.1. The summed E-state index contributed by atoms with van der Waals surface area (Å²) in [5, 5.41) is 11.6. The first-order chi connectivity index (χ1) is 17.1. The van der Waals surface area contributed by atoms with E-state index < -0.39 is 20.6 Å². The number of carbonyl (C=O) groups excluding carboxylic acids is 1. The van der Waals surface area contributed by atoms with Crippen LogP contribution in [0.4, 0.5) is 14.5 Å². The molecule has 13 heteroatoms. The molecule has 1 N–H and O–H groups in total. The van der Waals surface area contributed by atoms with Crippen LogP contribution in [-0.2, 0) is 11.5 Å². The van der Waals surface area contributed by atoms with Gasteiger partial charge in [-0.2, -0.15) is 19.0 Å². The molecule has 0 radical (unpaired) electrons. The molecule has 0 spiro atoms. The summed E-state index contributed by atoms with van der Waals surface area (Å²) in [5.74, 6) is -0.634. The number of ether oxygens (including phenoxy) is 2. The Balaban J connectivity index is 1.70. The van der Waals surface area contributed by atoms with Gasteiger partial charge in [0.2, 0.25) is 0 Å². The number of halogens is 3. The van der Waals surface area contributed by atoms with Crippen LogP contribution >= 0.6 is 11.6 Å². The van der Waals surface area contributed by atoms with Crippen LogP contribution in [0.2, 0.25) is 30.7 Å². The Morgan fingerprint density at radius 3 is 2.75 bits per heavy atom. The highest BCUT2D eigenvalue weighted by molar-refractivity contribution is 6.76. The highest BCUT2D eigenvalue weighted by atomic mass is 35.5. The molecule has 36 heavy (non-hydrogen) atoms. The minimum atomic E-state index is -3.06. The van der Waals surface area contributed by atoms with Crippen molar-refractivity contribution in [3.63, 3.8) is 0 Å². The van der Waals surface area contributed by atoms with Gasteiger partial charge in [0.1, 0.15) is 12.5 Å². The van der Waals surface area contributed by atoms with E-state index in [4.69, 9.17) is 21.1 Å². The molecule has 0 aliphatic rings. The largest absolute Gasteiger partial charge is 0.434 e. The van der Waals surface area contributed by atoms with Crippen LogP contribution in [0.3, 0.4) is 0 Å². The summed E-state index contributed by atoms with van der Waals surface area (Å²) in [4.78, 5) is 17.3. The third-order valence-corrected chi connectivity index (χ3v) is 7.16. The lowest BCUT2D eigenvalue weighted by atomic mass is 10.1. The number of fused-ring (bicyclic) bond motifs is 1. The fourth-order valence-electron chi connectivity index (χ4n) is 3.44. The van der Waals surface area contributed by atoms with Crippen LogP contribution in [0.15, 0.2) is 48.9 Å². The second kappa shape index (κ2) is 10.7. The topological polar surface area (TPSA) is 95.6 Å². The van der Waals surface area contributed by atoms with Crippen molar-refractivity contribution in [2.75, 3.05) is 11.9 Å². The average molecular weight is 535 g/mol. The molecular weight excluding hydrogens is 510 g/mol. The minimum absolute atomic E-state index is 0.0352. The van der Waals surface area contributed by atoms with Gasteiger partial charge in [-0.3, -0.25) is 4.79 Å². The zero-order chi connectivity index (χ0) is 25.9. The predicted molar refractivity (Wildman–Crippen MR) is 134 cm³/mol. The highest BCUT2D eigenvalue weighted by Crippen LogP contribution is 2.38. The van der Waals surface area contributed by atoms with Gasteiger partial charge >= 0.3 is 6.61 Å². The number of benzene rings is 1. The van der Waals surface area contributed by atoms with E-state index in [1.54, 1.807) is 12.1 Å². The minimum Gasteiger partial charge on any atom is -0.434 e. The van der Waals surface area contributed by atoms with Crippen LogP contribution in [0.25, 0.3) is 16.9 Å². The maximum Gasteiger partial charge on any atom is 0.387 e. The molecule has 4 rings (SSSR count). The lowest BCUT2D eigenvalue weighted by molar-refractivity contribution is -0.0495. The average Bonchev–Trinajstić information content (AvgIpc) is 3.41. The second-order valence-corrected chi connectivity index (χ2v) is 15.2. The number of nitrogens with zero attached hydrogens (tertiary/aromatic N) is 5. The predicted octanol–water partition coefficient (Wildman–Crippen LogP) is 5.41. The summed E-state index contributed by atoms with van der Waals surface area (Å²) in [6.07, 6.45) is 4.34. The lowest BCUT2D eigenvalue weighted by Gasteiger charge is -2.17. The third kappa shape index (κ3) is 6.06. The zero-order valence-electron chi connectivity index (χ0n) is 19.9. The van der Waals surface area contributed by atoms with Crippen LogP contribution < -0.4 is 10.1 Å². The molecule has 0 saturated carbocycles. The molecule has 0 unspecified atom stereocenters. The lowest BCUT2D eigenvalue weighted by Crippen LogP contribution is -2.22. The highest BCUT2D eigenvalue weighted by Gasteiger charge is 2.23. The van der Waals surface area contributed by atoms with Crippen LogP contribution in [0.1, 0.15) is 10.5 Å². The van der Waals surface area contributed by atoms with Gasteiger partial charge in [-0.05, 0) is 36.4 Å². The van der Waals surface area contributed by atoms with Crippen molar-refractivity contribution in [2.45, 2.75) is 39.0 Å². The summed E-state index contributed by atoms with van der Waals surface area (Å²) in [6, 6.07) is 8.61. The number of imidazole rings is 1. The van der Waals surface area contributed by atoms with Gasteiger partial charge in [-0.1, -0.05) is 31.2 Å². The first-order valence-corrected chi connectivity index (χ1v) is 15.2. The van der Waals surface area contributed by atoms with Crippen molar-refractivity contribution in [3.8, 4) is 17.0 Å². The Bertz CT molecular complexity index is 1370. The smallest absolute Gasteiger partial charge is 0.387 e.